The van der Waals surface area contributed by atoms with Crippen molar-refractivity contribution in [3.63, 3.8) is 0 Å². The van der Waals surface area contributed by atoms with Gasteiger partial charge in [0.1, 0.15) is 6.61 Å². The summed E-state index contributed by atoms with van der Waals surface area (Å²) < 4.78 is 54.3. The molecule has 0 unspecified atom stereocenters. The van der Waals surface area contributed by atoms with E-state index < -0.39 is 19.0 Å². The highest BCUT2D eigenvalue weighted by atomic mass is 19.3. The second-order valence-corrected chi connectivity index (χ2v) is 5.42. The lowest BCUT2D eigenvalue weighted by molar-refractivity contribution is -0.168. The number of carbonyl (C=O) groups is 1. The highest BCUT2D eigenvalue weighted by Gasteiger charge is 2.40. The Bertz CT molecular complexity index is 692. The molecule has 0 aliphatic heterocycles. The van der Waals surface area contributed by atoms with Crippen LogP contribution in [-0.4, -0.2) is 24.9 Å². The van der Waals surface area contributed by atoms with Gasteiger partial charge in [-0.05, 0) is 23.3 Å². The Kier molecular flexibility index (Phi) is 6.52. The van der Waals surface area contributed by atoms with Crippen molar-refractivity contribution in [1.82, 2.24) is 5.32 Å². The van der Waals surface area contributed by atoms with Crippen molar-refractivity contribution in [3.05, 3.63) is 71.3 Å². The Morgan fingerprint density at radius 1 is 1.04 bits per heavy atom. The van der Waals surface area contributed by atoms with Crippen molar-refractivity contribution in [1.29, 1.82) is 0 Å². The fraction of sp³-hybridized carbons (Fsp3) is 0.278. The zero-order chi connectivity index (χ0) is 18.3. The molecule has 0 fully saturated rings. The monoisotopic (exact) mass is 355 g/mol. The van der Waals surface area contributed by atoms with Crippen LogP contribution in [0.3, 0.4) is 0 Å². The minimum absolute atomic E-state index is 0.290. The van der Waals surface area contributed by atoms with Crippen molar-refractivity contribution in [2.45, 2.75) is 25.5 Å². The average molecular weight is 355 g/mol. The number of hydrogen-bond acceptors (Lipinski definition) is 2. The van der Waals surface area contributed by atoms with Gasteiger partial charge in [0.2, 0.25) is 0 Å². The number of nitrogens with one attached hydrogen (secondary N) is 1. The van der Waals surface area contributed by atoms with Gasteiger partial charge in [-0.1, -0.05) is 42.5 Å². The Balaban J connectivity index is 1.88. The van der Waals surface area contributed by atoms with E-state index in [-0.39, 0.29) is 12.5 Å². The van der Waals surface area contributed by atoms with Crippen molar-refractivity contribution in [2.24, 2.45) is 0 Å². The summed E-state index contributed by atoms with van der Waals surface area (Å²) >= 11 is 0. The Hall–Kier alpha value is -2.41. The van der Waals surface area contributed by atoms with E-state index in [2.05, 4.69) is 10.1 Å². The maximum absolute atomic E-state index is 12.8. The van der Waals surface area contributed by atoms with Crippen LogP contribution in [0.25, 0.3) is 0 Å². The summed E-state index contributed by atoms with van der Waals surface area (Å²) in [6.07, 6.45) is -3.78. The summed E-state index contributed by atoms with van der Waals surface area (Å²) in [5.74, 6) is -4.52. The smallest absolute Gasteiger partial charge is 0.330 e. The molecule has 0 saturated carbocycles. The number of amides is 1. The predicted molar refractivity (Wildman–Crippen MR) is 84.7 cm³/mol. The van der Waals surface area contributed by atoms with E-state index in [1.54, 1.807) is 18.2 Å². The standard InChI is InChI=1S/C18H17F4NO2/c19-17(20)18(21,22)12-25-11-14-7-4-8-15(9-14)16(24)23-10-13-5-2-1-3-6-13/h1-9,17H,10-12H2,(H,23,24). The summed E-state index contributed by atoms with van der Waals surface area (Å²) in [4.78, 5) is 12.1. The van der Waals surface area contributed by atoms with E-state index in [1.165, 1.54) is 6.07 Å². The second-order valence-electron chi connectivity index (χ2n) is 5.42. The third-order valence-electron chi connectivity index (χ3n) is 3.37. The second kappa shape index (κ2) is 8.62. The van der Waals surface area contributed by atoms with Crippen LogP contribution < -0.4 is 5.32 Å². The SMILES string of the molecule is O=C(NCc1ccccc1)c1cccc(COCC(F)(F)C(F)F)c1. The van der Waals surface area contributed by atoms with Gasteiger partial charge in [0.05, 0.1) is 6.61 Å². The van der Waals surface area contributed by atoms with Crippen LogP contribution >= 0.6 is 0 Å². The van der Waals surface area contributed by atoms with Crippen molar-refractivity contribution in [3.8, 4) is 0 Å². The fourth-order valence-electron chi connectivity index (χ4n) is 2.05. The topological polar surface area (TPSA) is 38.3 Å². The number of rotatable bonds is 8. The lowest BCUT2D eigenvalue weighted by Gasteiger charge is -2.15. The van der Waals surface area contributed by atoms with Crippen molar-refractivity contribution < 1.29 is 27.1 Å². The first kappa shape index (κ1) is 18.9. The summed E-state index contributed by atoms with van der Waals surface area (Å²) in [6, 6.07) is 15.5. The number of hydrogen-bond donors (Lipinski definition) is 1. The van der Waals surface area contributed by atoms with E-state index in [0.717, 1.165) is 5.56 Å². The van der Waals surface area contributed by atoms with E-state index >= 15 is 0 Å². The van der Waals surface area contributed by atoms with Gasteiger partial charge >= 0.3 is 12.3 Å². The predicted octanol–water partition coefficient (Wildman–Crippen LogP) is 4.03. The molecule has 0 bridgehead atoms. The van der Waals surface area contributed by atoms with E-state index in [1.807, 2.05) is 30.3 Å². The van der Waals surface area contributed by atoms with Gasteiger partial charge in [-0.15, -0.1) is 0 Å². The molecule has 0 saturated heterocycles. The first-order valence-corrected chi connectivity index (χ1v) is 7.53. The molecular weight excluding hydrogens is 338 g/mol. The van der Waals surface area contributed by atoms with Crippen LogP contribution in [0.15, 0.2) is 54.6 Å². The summed E-state index contributed by atoms with van der Waals surface area (Å²) in [6.45, 7) is -1.32. The molecule has 0 aromatic heterocycles. The quantitative estimate of drug-likeness (QED) is 0.726. The molecule has 0 atom stereocenters. The molecule has 2 aromatic carbocycles. The molecule has 7 heteroatoms. The summed E-state index contributed by atoms with van der Waals surface area (Å²) in [5, 5.41) is 2.74. The lowest BCUT2D eigenvalue weighted by atomic mass is 10.1. The lowest BCUT2D eigenvalue weighted by Crippen LogP contribution is -2.32. The molecule has 0 heterocycles. The maximum atomic E-state index is 12.8. The molecule has 3 nitrogen and oxygen atoms in total. The molecule has 134 valence electrons. The number of halogens is 4. The molecule has 2 rings (SSSR count). The molecule has 0 aliphatic rings. The van der Waals surface area contributed by atoms with Crippen LogP contribution in [0, 0.1) is 0 Å². The van der Waals surface area contributed by atoms with Gasteiger partial charge in [0, 0.05) is 12.1 Å². The first-order valence-electron chi connectivity index (χ1n) is 7.53. The molecular formula is C18H17F4NO2. The highest BCUT2D eigenvalue weighted by molar-refractivity contribution is 5.94. The number of carbonyl (C=O) groups excluding carboxylic acids is 1. The van der Waals surface area contributed by atoms with Gasteiger partial charge in [-0.25, -0.2) is 8.78 Å². The van der Waals surface area contributed by atoms with Crippen LogP contribution in [0.2, 0.25) is 0 Å². The third kappa shape index (κ3) is 5.86. The molecule has 2 aromatic rings. The summed E-state index contributed by atoms with van der Waals surface area (Å²) in [5.41, 5.74) is 1.71. The van der Waals surface area contributed by atoms with Crippen LogP contribution in [0.1, 0.15) is 21.5 Å². The molecule has 1 amide bonds. The number of benzene rings is 2. The zero-order valence-electron chi connectivity index (χ0n) is 13.2. The van der Waals surface area contributed by atoms with E-state index in [9.17, 15) is 22.4 Å². The van der Waals surface area contributed by atoms with E-state index in [0.29, 0.717) is 17.7 Å². The van der Waals surface area contributed by atoms with Gasteiger partial charge in [-0.2, -0.15) is 8.78 Å². The van der Waals surface area contributed by atoms with Gasteiger partial charge in [0.15, 0.2) is 0 Å². The molecule has 1 N–H and O–H groups in total. The van der Waals surface area contributed by atoms with Crippen LogP contribution in [0.4, 0.5) is 17.6 Å². The number of ether oxygens (including phenoxy) is 1. The summed E-state index contributed by atoms with van der Waals surface area (Å²) in [7, 11) is 0. The van der Waals surface area contributed by atoms with Crippen molar-refractivity contribution in [2.75, 3.05) is 6.61 Å². The molecule has 0 radical (unpaired) electrons. The van der Waals surface area contributed by atoms with Gasteiger partial charge in [-0.3, -0.25) is 4.79 Å². The number of alkyl halides is 4. The van der Waals surface area contributed by atoms with Gasteiger partial charge in [0.25, 0.3) is 5.91 Å². The van der Waals surface area contributed by atoms with E-state index in [4.69, 9.17) is 0 Å². The van der Waals surface area contributed by atoms with Crippen LogP contribution in [0.5, 0.6) is 0 Å². The Morgan fingerprint density at radius 3 is 2.40 bits per heavy atom. The minimum Gasteiger partial charge on any atom is -0.370 e. The highest BCUT2D eigenvalue weighted by Crippen LogP contribution is 2.23. The molecule has 0 aliphatic carbocycles. The normalized spacial score (nSPS) is 11.6. The fourth-order valence-corrected chi connectivity index (χ4v) is 2.05. The zero-order valence-corrected chi connectivity index (χ0v) is 13.2. The maximum Gasteiger partial charge on any atom is 0.330 e. The Morgan fingerprint density at radius 2 is 1.72 bits per heavy atom. The first-order chi connectivity index (χ1) is 11.9. The largest absolute Gasteiger partial charge is 0.370 e. The molecule has 0 spiro atoms. The van der Waals surface area contributed by atoms with Gasteiger partial charge < -0.3 is 10.1 Å². The van der Waals surface area contributed by atoms with Crippen molar-refractivity contribution >= 4 is 5.91 Å². The molecule has 25 heavy (non-hydrogen) atoms. The average Bonchev–Trinajstić information content (AvgIpc) is 2.60. The third-order valence-corrected chi connectivity index (χ3v) is 3.37. The Labute approximate surface area is 142 Å². The minimum atomic E-state index is -4.19. The van der Waals surface area contributed by atoms with Crippen LogP contribution in [-0.2, 0) is 17.9 Å².